The third-order valence-corrected chi connectivity index (χ3v) is 7.65. The molecule has 12 heteroatoms. The number of carbonyl (C=O) groups is 3. The van der Waals surface area contributed by atoms with Gasteiger partial charge in [0.2, 0.25) is 5.91 Å². The number of halogens is 3. The monoisotopic (exact) mass is 593 g/mol. The second kappa shape index (κ2) is 11.2. The number of carboxylic acids is 1. The van der Waals surface area contributed by atoms with E-state index < -0.39 is 23.6 Å². The van der Waals surface area contributed by atoms with Gasteiger partial charge in [0.15, 0.2) is 0 Å². The van der Waals surface area contributed by atoms with E-state index in [9.17, 15) is 32.7 Å². The van der Waals surface area contributed by atoms with Gasteiger partial charge in [-0.05, 0) is 47.5 Å². The molecule has 1 saturated heterocycles. The first-order chi connectivity index (χ1) is 20.6. The maximum atomic E-state index is 13.3. The molecule has 43 heavy (non-hydrogen) atoms. The molecule has 0 aliphatic carbocycles. The van der Waals surface area contributed by atoms with Crippen molar-refractivity contribution < 1.29 is 42.1 Å². The summed E-state index contributed by atoms with van der Waals surface area (Å²) >= 11 is 0. The number of nitrogens with one attached hydrogen (secondary N) is 1. The number of ether oxygens (including phenoxy) is 2. The van der Waals surface area contributed by atoms with Gasteiger partial charge in [0, 0.05) is 37.3 Å². The van der Waals surface area contributed by atoms with Crippen molar-refractivity contribution in [3.05, 3.63) is 94.0 Å². The van der Waals surface area contributed by atoms with Gasteiger partial charge in [-0.2, -0.15) is 13.2 Å². The smallest absolute Gasteiger partial charge is 0.416 e. The standard InChI is InChI=1S/C31H26F3N3O6/c32-31(33,34)22-5-1-18(2-6-22)28(27-24-8-4-19(30(40)41)14-25(24)35-29(27)39)43-23-7-3-20-15-37(16-21(20)13-23)26(38)17-36-9-11-42-12-10-36/h1-8,13-14H,9-12,15-17H2,(H,35,39)(H,40,41)/b28-27-. The van der Waals surface area contributed by atoms with Crippen LogP contribution in [-0.4, -0.2) is 65.5 Å². The van der Waals surface area contributed by atoms with Crippen LogP contribution in [0.25, 0.3) is 11.3 Å². The maximum Gasteiger partial charge on any atom is 0.416 e. The van der Waals surface area contributed by atoms with Gasteiger partial charge >= 0.3 is 12.1 Å². The summed E-state index contributed by atoms with van der Waals surface area (Å²) in [6.07, 6.45) is -4.55. The molecular formula is C31H26F3N3O6. The van der Waals surface area contributed by atoms with Crippen LogP contribution in [0, 0.1) is 0 Å². The van der Waals surface area contributed by atoms with Crippen molar-refractivity contribution >= 4 is 34.8 Å². The lowest BCUT2D eigenvalue weighted by molar-refractivity contribution is -0.137. The van der Waals surface area contributed by atoms with Crippen molar-refractivity contribution in [3.63, 3.8) is 0 Å². The number of nitrogens with zero attached hydrogens (tertiary/aromatic N) is 2. The molecule has 0 saturated carbocycles. The summed E-state index contributed by atoms with van der Waals surface area (Å²) in [7, 11) is 0. The van der Waals surface area contributed by atoms with Crippen molar-refractivity contribution in [1.82, 2.24) is 9.80 Å². The molecule has 1 fully saturated rings. The van der Waals surface area contributed by atoms with Crippen LogP contribution in [0.5, 0.6) is 5.75 Å². The second-order valence-corrected chi connectivity index (χ2v) is 10.5. The molecule has 0 atom stereocenters. The number of aromatic carboxylic acids is 1. The highest BCUT2D eigenvalue weighted by molar-refractivity contribution is 6.36. The number of morpholine rings is 1. The largest absolute Gasteiger partial charge is 0.478 e. The highest BCUT2D eigenvalue weighted by Gasteiger charge is 2.33. The molecule has 3 aromatic carbocycles. The number of rotatable bonds is 6. The van der Waals surface area contributed by atoms with E-state index >= 15 is 0 Å². The van der Waals surface area contributed by atoms with Crippen molar-refractivity contribution in [2.45, 2.75) is 19.3 Å². The molecule has 2 N–H and O–H groups in total. The van der Waals surface area contributed by atoms with Crippen LogP contribution in [0.2, 0.25) is 0 Å². The van der Waals surface area contributed by atoms with Gasteiger partial charge in [-0.3, -0.25) is 14.5 Å². The molecule has 0 aromatic heterocycles. The minimum Gasteiger partial charge on any atom is -0.478 e. The van der Waals surface area contributed by atoms with Gasteiger partial charge in [-0.15, -0.1) is 0 Å². The van der Waals surface area contributed by atoms with Gasteiger partial charge < -0.3 is 24.8 Å². The van der Waals surface area contributed by atoms with Gasteiger partial charge in [0.25, 0.3) is 5.91 Å². The molecule has 3 aromatic rings. The average molecular weight is 594 g/mol. The molecule has 0 radical (unpaired) electrons. The van der Waals surface area contributed by atoms with E-state index in [2.05, 4.69) is 10.2 Å². The summed E-state index contributed by atoms with van der Waals surface area (Å²) in [5.74, 6) is -1.44. The lowest BCUT2D eigenvalue weighted by atomic mass is 9.99. The molecule has 222 valence electrons. The molecule has 0 spiro atoms. The Hall–Kier alpha value is -4.68. The summed E-state index contributed by atoms with van der Waals surface area (Å²) in [5.41, 5.74) is 1.77. The van der Waals surface area contributed by atoms with E-state index in [1.54, 1.807) is 17.0 Å². The maximum absolute atomic E-state index is 13.3. The third kappa shape index (κ3) is 5.84. The Bertz CT molecular complexity index is 1650. The van der Waals surface area contributed by atoms with Gasteiger partial charge in [0.1, 0.15) is 11.5 Å². The van der Waals surface area contributed by atoms with Gasteiger partial charge in [-0.25, -0.2) is 4.79 Å². The predicted molar refractivity (Wildman–Crippen MR) is 149 cm³/mol. The first-order valence-electron chi connectivity index (χ1n) is 13.6. The van der Waals surface area contributed by atoms with Crippen LogP contribution in [0.1, 0.15) is 38.2 Å². The number of amides is 2. The number of anilines is 1. The molecule has 6 rings (SSSR count). The summed E-state index contributed by atoms with van der Waals surface area (Å²) in [6, 6.07) is 13.6. The molecule has 0 bridgehead atoms. The summed E-state index contributed by atoms with van der Waals surface area (Å²) in [6.45, 7) is 3.67. The van der Waals surface area contributed by atoms with E-state index in [1.165, 1.54) is 30.3 Å². The van der Waals surface area contributed by atoms with E-state index in [1.807, 2.05) is 6.07 Å². The fourth-order valence-corrected chi connectivity index (χ4v) is 5.38. The Kier molecular flexibility index (Phi) is 7.40. The van der Waals surface area contributed by atoms with Crippen LogP contribution in [0.3, 0.4) is 0 Å². The summed E-state index contributed by atoms with van der Waals surface area (Å²) in [4.78, 5) is 41.4. The first kappa shape index (κ1) is 28.4. The highest BCUT2D eigenvalue weighted by Crippen LogP contribution is 2.40. The van der Waals surface area contributed by atoms with Crippen LogP contribution >= 0.6 is 0 Å². The second-order valence-electron chi connectivity index (χ2n) is 10.5. The highest BCUT2D eigenvalue weighted by atomic mass is 19.4. The average Bonchev–Trinajstić information content (AvgIpc) is 3.55. The molecule has 3 heterocycles. The van der Waals surface area contributed by atoms with Crippen LogP contribution in [-0.2, 0) is 33.6 Å². The number of hydrogen-bond donors (Lipinski definition) is 2. The lowest BCUT2D eigenvalue weighted by Gasteiger charge is -2.27. The fraction of sp³-hybridized carbons (Fsp3) is 0.258. The lowest BCUT2D eigenvalue weighted by Crippen LogP contribution is -2.43. The topological polar surface area (TPSA) is 108 Å². The number of alkyl halides is 3. The Labute approximate surface area is 244 Å². The fourth-order valence-electron chi connectivity index (χ4n) is 5.38. The number of carboxylic acid groups (broad SMARTS) is 1. The summed E-state index contributed by atoms with van der Waals surface area (Å²) < 4.78 is 51.5. The Balaban J connectivity index is 1.32. The zero-order valence-electron chi connectivity index (χ0n) is 22.7. The van der Waals surface area contributed by atoms with Crippen molar-refractivity contribution in [3.8, 4) is 5.75 Å². The Morgan fingerprint density at radius 1 is 0.930 bits per heavy atom. The van der Waals surface area contributed by atoms with Crippen LogP contribution in [0.4, 0.5) is 18.9 Å². The zero-order chi connectivity index (χ0) is 30.3. The number of benzene rings is 3. The molecular weight excluding hydrogens is 567 g/mol. The number of carbonyl (C=O) groups excluding carboxylic acids is 2. The van der Waals surface area contributed by atoms with Crippen molar-refractivity contribution in [2.75, 3.05) is 38.2 Å². The van der Waals surface area contributed by atoms with E-state index in [0.717, 1.165) is 23.3 Å². The molecule has 9 nitrogen and oxygen atoms in total. The van der Waals surface area contributed by atoms with Gasteiger partial charge in [0.05, 0.1) is 42.1 Å². The zero-order valence-corrected chi connectivity index (χ0v) is 22.7. The van der Waals surface area contributed by atoms with Crippen LogP contribution in [0.15, 0.2) is 60.7 Å². The van der Waals surface area contributed by atoms with E-state index in [0.29, 0.717) is 57.3 Å². The molecule has 3 aliphatic rings. The summed E-state index contributed by atoms with van der Waals surface area (Å²) in [5, 5.41) is 12.0. The molecule has 0 unspecified atom stereocenters. The van der Waals surface area contributed by atoms with E-state index in [-0.39, 0.29) is 34.1 Å². The number of fused-ring (bicyclic) bond motifs is 2. The Morgan fingerprint density at radius 2 is 1.63 bits per heavy atom. The first-order valence-corrected chi connectivity index (χ1v) is 13.6. The Morgan fingerprint density at radius 3 is 2.33 bits per heavy atom. The minimum absolute atomic E-state index is 0.00578. The molecule has 2 amide bonds. The normalized spacial score (nSPS) is 17.7. The van der Waals surface area contributed by atoms with Crippen molar-refractivity contribution in [2.24, 2.45) is 0 Å². The van der Waals surface area contributed by atoms with Crippen molar-refractivity contribution in [1.29, 1.82) is 0 Å². The van der Waals surface area contributed by atoms with Gasteiger partial charge in [-0.1, -0.05) is 24.3 Å². The molecule has 3 aliphatic heterocycles. The third-order valence-electron chi connectivity index (χ3n) is 7.65. The SMILES string of the molecule is O=C1Nc2cc(C(=O)O)ccc2/C1=C(/Oc1ccc2c(c1)CN(C(=O)CN1CCOCC1)C2)c1ccc(C(F)(F)F)cc1. The quantitative estimate of drug-likeness (QED) is 0.321. The number of hydrogen-bond acceptors (Lipinski definition) is 6. The van der Waals surface area contributed by atoms with E-state index in [4.69, 9.17) is 9.47 Å². The predicted octanol–water partition coefficient (Wildman–Crippen LogP) is 4.48. The van der Waals surface area contributed by atoms with Crippen LogP contribution < -0.4 is 10.1 Å². The minimum atomic E-state index is -4.55.